The first-order chi connectivity index (χ1) is 6.22. The minimum absolute atomic E-state index is 0.157. The summed E-state index contributed by atoms with van der Waals surface area (Å²) >= 11 is 3.46. The Kier molecular flexibility index (Phi) is 2.12. The van der Waals surface area contributed by atoms with E-state index < -0.39 is 0 Å². The van der Waals surface area contributed by atoms with Crippen LogP contribution in [-0.2, 0) is 0 Å². The molecular weight excluding hydrogens is 232 g/mol. The number of rotatable bonds is 1. The van der Waals surface area contributed by atoms with E-state index in [1.165, 1.54) is 0 Å². The summed E-state index contributed by atoms with van der Waals surface area (Å²) in [4.78, 5) is 11.6. The van der Waals surface area contributed by atoms with Crippen molar-refractivity contribution >= 4 is 21.7 Å². The maximum absolute atomic E-state index is 11.4. The van der Waals surface area contributed by atoms with Crippen molar-refractivity contribution in [2.45, 2.75) is 11.2 Å². The number of halogens is 1. The number of alkyl halides is 1. The molecule has 1 aliphatic rings. The molecule has 68 valence electrons. The molecule has 0 unspecified atom stereocenters. The van der Waals surface area contributed by atoms with Crippen molar-refractivity contribution in [3.63, 3.8) is 0 Å². The fraction of sp³-hybridized carbons (Fsp3) is 0.300. The highest BCUT2D eigenvalue weighted by Gasteiger charge is 2.27. The van der Waals surface area contributed by atoms with E-state index in [4.69, 9.17) is 4.74 Å². The van der Waals surface area contributed by atoms with Crippen LogP contribution in [0.25, 0.3) is 0 Å². The van der Waals surface area contributed by atoms with E-state index in [2.05, 4.69) is 15.9 Å². The lowest BCUT2D eigenvalue weighted by Gasteiger charge is -2.04. The van der Waals surface area contributed by atoms with Crippen molar-refractivity contribution < 1.29 is 9.53 Å². The first kappa shape index (κ1) is 8.75. The van der Waals surface area contributed by atoms with Crippen LogP contribution < -0.4 is 4.74 Å². The number of ketones is 1. The molecule has 0 fully saturated rings. The highest BCUT2D eigenvalue weighted by atomic mass is 79.9. The number of carbonyl (C=O) groups excluding carboxylic acids is 1. The van der Waals surface area contributed by atoms with Crippen LogP contribution in [0.5, 0.6) is 5.75 Å². The highest BCUT2D eigenvalue weighted by Crippen LogP contribution is 2.39. The third kappa shape index (κ3) is 1.37. The van der Waals surface area contributed by atoms with Crippen LogP contribution in [0.1, 0.15) is 27.2 Å². The smallest absolute Gasteiger partial charge is 0.164 e. The molecule has 0 radical (unpaired) electrons. The summed E-state index contributed by atoms with van der Waals surface area (Å²) in [6, 6.07) is 5.57. The van der Waals surface area contributed by atoms with E-state index in [1.807, 2.05) is 18.2 Å². The van der Waals surface area contributed by atoms with Gasteiger partial charge in [-0.2, -0.15) is 0 Å². The van der Waals surface area contributed by atoms with E-state index >= 15 is 0 Å². The average Bonchev–Trinajstić information content (AvgIpc) is 2.42. The van der Waals surface area contributed by atoms with Gasteiger partial charge in [0.2, 0.25) is 0 Å². The molecule has 2 rings (SSSR count). The summed E-state index contributed by atoms with van der Waals surface area (Å²) in [5, 5.41) is 0. The molecule has 0 spiro atoms. The van der Waals surface area contributed by atoms with Crippen molar-refractivity contribution in [1.82, 2.24) is 0 Å². The van der Waals surface area contributed by atoms with Crippen LogP contribution in [0.3, 0.4) is 0 Å². The molecule has 2 nitrogen and oxygen atoms in total. The number of benzene rings is 1. The maximum Gasteiger partial charge on any atom is 0.164 e. The molecule has 0 N–H and O–H groups in total. The van der Waals surface area contributed by atoms with Crippen molar-refractivity contribution in [2.75, 3.05) is 7.11 Å². The molecule has 0 amide bonds. The lowest BCUT2D eigenvalue weighted by atomic mass is 10.1. The largest absolute Gasteiger partial charge is 0.497 e. The molecule has 0 saturated heterocycles. The normalized spacial score (nSPS) is 20.2. The molecule has 1 aromatic carbocycles. The standard InChI is InChI=1S/C10H9BrO2/c1-13-6-2-3-7-8(4-6)9(11)5-10(7)12/h2-4,9H,5H2,1H3/t9-/m0/s1. The first-order valence-corrected chi connectivity index (χ1v) is 4.99. The van der Waals surface area contributed by atoms with E-state index in [9.17, 15) is 4.79 Å². The summed E-state index contributed by atoms with van der Waals surface area (Å²) in [6.45, 7) is 0. The van der Waals surface area contributed by atoms with Crippen LogP contribution in [0.2, 0.25) is 0 Å². The van der Waals surface area contributed by atoms with Gasteiger partial charge in [-0.25, -0.2) is 0 Å². The zero-order valence-electron chi connectivity index (χ0n) is 7.21. The molecule has 1 aliphatic carbocycles. The lowest BCUT2D eigenvalue weighted by molar-refractivity contribution is 0.0994. The zero-order chi connectivity index (χ0) is 9.42. The molecule has 3 heteroatoms. The van der Waals surface area contributed by atoms with Crippen molar-refractivity contribution in [3.8, 4) is 5.75 Å². The molecular formula is C10H9BrO2. The second-order valence-corrected chi connectivity index (χ2v) is 4.15. The van der Waals surface area contributed by atoms with Crippen molar-refractivity contribution in [1.29, 1.82) is 0 Å². The lowest BCUT2D eigenvalue weighted by Crippen LogP contribution is -1.91. The summed E-state index contributed by atoms with van der Waals surface area (Å²) in [6.07, 6.45) is 0.558. The Bertz CT molecular complexity index is 360. The van der Waals surface area contributed by atoms with Gasteiger partial charge >= 0.3 is 0 Å². The Labute approximate surface area is 85.0 Å². The first-order valence-electron chi connectivity index (χ1n) is 4.07. The summed E-state index contributed by atoms with van der Waals surface area (Å²) in [7, 11) is 1.63. The minimum Gasteiger partial charge on any atom is -0.497 e. The average molecular weight is 241 g/mol. The molecule has 0 saturated carbocycles. The number of hydrogen-bond acceptors (Lipinski definition) is 2. The van der Waals surface area contributed by atoms with Gasteiger partial charge in [-0.05, 0) is 23.8 Å². The summed E-state index contributed by atoms with van der Waals surface area (Å²) in [5.41, 5.74) is 1.87. The fourth-order valence-electron chi connectivity index (χ4n) is 1.56. The van der Waals surface area contributed by atoms with Gasteiger partial charge in [0.05, 0.1) is 7.11 Å². The van der Waals surface area contributed by atoms with Crippen LogP contribution in [0.15, 0.2) is 18.2 Å². The van der Waals surface area contributed by atoms with Crippen LogP contribution in [0, 0.1) is 0 Å². The molecule has 0 aliphatic heterocycles. The fourth-order valence-corrected chi connectivity index (χ4v) is 2.24. The van der Waals surface area contributed by atoms with Gasteiger partial charge in [0.1, 0.15) is 5.75 Å². The van der Waals surface area contributed by atoms with E-state index in [1.54, 1.807) is 7.11 Å². The molecule has 0 heterocycles. The topological polar surface area (TPSA) is 26.3 Å². The number of carbonyl (C=O) groups is 1. The molecule has 13 heavy (non-hydrogen) atoms. The van der Waals surface area contributed by atoms with Gasteiger partial charge in [0, 0.05) is 16.8 Å². The Balaban J connectivity index is 2.52. The van der Waals surface area contributed by atoms with Gasteiger partial charge in [-0.15, -0.1) is 0 Å². The monoisotopic (exact) mass is 240 g/mol. The molecule has 0 aromatic heterocycles. The SMILES string of the molecule is COc1ccc2c(c1)[C@@H](Br)CC2=O. The maximum atomic E-state index is 11.4. The van der Waals surface area contributed by atoms with Gasteiger partial charge < -0.3 is 4.74 Å². The highest BCUT2D eigenvalue weighted by molar-refractivity contribution is 9.09. The third-order valence-corrected chi connectivity index (χ3v) is 3.08. The van der Waals surface area contributed by atoms with Gasteiger partial charge in [-0.3, -0.25) is 4.79 Å². The molecule has 0 bridgehead atoms. The quantitative estimate of drug-likeness (QED) is 0.706. The Morgan fingerprint density at radius 3 is 3.00 bits per heavy atom. The van der Waals surface area contributed by atoms with Crippen LogP contribution in [0.4, 0.5) is 0 Å². The van der Waals surface area contributed by atoms with Crippen LogP contribution in [-0.4, -0.2) is 12.9 Å². The Hall–Kier alpha value is -0.830. The van der Waals surface area contributed by atoms with Gasteiger partial charge in [0.25, 0.3) is 0 Å². The second-order valence-electron chi connectivity index (χ2n) is 3.05. The van der Waals surface area contributed by atoms with Crippen molar-refractivity contribution in [3.05, 3.63) is 29.3 Å². The van der Waals surface area contributed by atoms with Crippen molar-refractivity contribution in [2.24, 2.45) is 0 Å². The predicted molar refractivity (Wildman–Crippen MR) is 53.6 cm³/mol. The molecule has 1 atom stereocenters. The number of Topliss-reactive ketones (excluding diaryl/α,β-unsaturated/α-hetero) is 1. The van der Waals surface area contributed by atoms with Crippen LogP contribution >= 0.6 is 15.9 Å². The van der Waals surface area contributed by atoms with E-state index in [0.29, 0.717) is 6.42 Å². The molecule has 1 aromatic rings. The van der Waals surface area contributed by atoms with E-state index in [-0.39, 0.29) is 10.6 Å². The Morgan fingerprint density at radius 2 is 2.31 bits per heavy atom. The van der Waals surface area contributed by atoms with Gasteiger partial charge in [0.15, 0.2) is 5.78 Å². The summed E-state index contributed by atoms with van der Waals surface area (Å²) < 4.78 is 5.09. The number of ether oxygens (including phenoxy) is 1. The third-order valence-electron chi connectivity index (χ3n) is 2.26. The number of hydrogen-bond donors (Lipinski definition) is 0. The Morgan fingerprint density at radius 1 is 1.54 bits per heavy atom. The number of methoxy groups -OCH3 is 1. The second kappa shape index (κ2) is 3.14. The minimum atomic E-state index is 0.157. The van der Waals surface area contributed by atoms with E-state index in [0.717, 1.165) is 16.9 Å². The number of fused-ring (bicyclic) bond motifs is 1. The predicted octanol–water partition coefficient (Wildman–Crippen LogP) is 2.72. The van der Waals surface area contributed by atoms with Gasteiger partial charge in [-0.1, -0.05) is 15.9 Å². The zero-order valence-corrected chi connectivity index (χ0v) is 8.80. The summed E-state index contributed by atoms with van der Waals surface area (Å²) in [5.74, 6) is 1.01.